The van der Waals surface area contributed by atoms with Gasteiger partial charge in [-0.25, -0.2) is 4.79 Å². The first kappa shape index (κ1) is 18.5. The second-order valence-corrected chi connectivity index (χ2v) is 5.40. The van der Waals surface area contributed by atoms with Gasteiger partial charge in [0.1, 0.15) is 36.8 Å². The van der Waals surface area contributed by atoms with E-state index in [4.69, 9.17) is 37.4 Å². The first-order valence-corrected chi connectivity index (χ1v) is 7.95. The van der Waals surface area contributed by atoms with Gasteiger partial charge in [0.25, 0.3) is 5.56 Å². The molecule has 2 rings (SSSR count). The summed E-state index contributed by atoms with van der Waals surface area (Å²) >= 11 is 10.8. The molecule has 0 aliphatic carbocycles. The summed E-state index contributed by atoms with van der Waals surface area (Å²) < 4.78 is 16.8. The summed E-state index contributed by atoms with van der Waals surface area (Å²) in [6, 6.07) is 1.16. The van der Waals surface area contributed by atoms with Crippen LogP contribution in [0, 0.1) is 0 Å². The molecule has 0 aromatic carbocycles. The summed E-state index contributed by atoms with van der Waals surface area (Å²) in [5.74, 6) is -2.02. The number of aromatic amines is 1. The van der Waals surface area contributed by atoms with Crippen LogP contribution in [-0.4, -0.2) is 52.1 Å². The van der Waals surface area contributed by atoms with Gasteiger partial charge in [-0.1, -0.05) is 0 Å². The summed E-state index contributed by atoms with van der Waals surface area (Å²) in [4.78, 5) is 47.6. The zero-order valence-electron chi connectivity index (χ0n) is 12.3. The van der Waals surface area contributed by atoms with Crippen LogP contribution in [0.25, 0.3) is 0 Å². The van der Waals surface area contributed by atoms with Gasteiger partial charge >= 0.3 is 17.6 Å². The van der Waals surface area contributed by atoms with E-state index in [1.807, 2.05) is 0 Å². The number of nitrogens with one attached hydrogen (secondary N) is 1. The predicted molar refractivity (Wildman–Crippen MR) is 82.1 cm³/mol. The lowest BCUT2D eigenvalue weighted by molar-refractivity contribution is -0.155. The van der Waals surface area contributed by atoms with Crippen LogP contribution in [0.15, 0.2) is 21.9 Å². The number of esters is 2. The Balaban J connectivity index is 2.15. The second kappa shape index (κ2) is 8.32. The van der Waals surface area contributed by atoms with Gasteiger partial charge in [0.05, 0.1) is 0 Å². The van der Waals surface area contributed by atoms with Gasteiger partial charge in [0, 0.05) is 18.7 Å². The Labute approximate surface area is 145 Å². The third-order valence-electron chi connectivity index (χ3n) is 3.25. The van der Waals surface area contributed by atoms with Crippen molar-refractivity contribution >= 4 is 35.1 Å². The SMILES string of the molecule is O=C(CCl)OCC1OC(n2ccc(=O)[nH]c2=O)CC1OC(=O)CCl. The van der Waals surface area contributed by atoms with Gasteiger partial charge in [-0.05, 0) is 0 Å². The van der Waals surface area contributed by atoms with Crippen LogP contribution < -0.4 is 11.2 Å². The van der Waals surface area contributed by atoms with Crippen molar-refractivity contribution < 1.29 is 23.8 Å². The third kappa shape index (κ3) is 4.59. The van der Waals surface area contributed by atoms with Crippen LogP contribution in [-0.2, 0) is 23.8 Å². The summed E-state index contributed by atoms with van der Waals surface area (Å²) in [6.45, 7) is -0.208. The Morgan fingerprint density at radius 3 is 2.62 bits per heavy atom. The second-order valence-electron chi connectivity index (χ2n) is 4.86. The monoisotopic (exact) mass is 380 g/mol. The van der Waals surface area contributed by atoms with E-state index in [0.29, 0.717) is 0 Å². The molecule has 1 N–H and O–H groups in total. The van der Waals surface area contributed by atoms with E-state index >= 15 is 0 Å². The molecule has 1 aromatic rings. The number of hydrogen-bond acceptors (Lipinski definition) is 7. The molecule has 2 heterocycles. The molecule has 1 aromatic heterocycles. The van der Waals surface area contributed by atoms with E-state index in [9.17, 15) is 19.2 Å². The minimum absolute atomic E-state index is 0.123. The Morgan fingerprint density at radius 2 is 2.00 bits per heavy atom. The molecular weight excluding hydrogens is 367 g/mol. The van der Waals surface area contributed by atoms with Gasteiger partial charge < -0.3 is 14.2 Å². The summed E-state index contributed by atoms with van der Waals surface area (Å²) in [6.07, 6.45) is -0.990. The van der Waals surface area contributed by atoms with Crippen LogP contribution in [0.3, 0.4) is 0 Å². The number of carbonyl (C=O) groups excluding carboxylic acids is 2. The predicted octanol–water partition coefficient (Wildman–Crippen LogP) is -0.243. The molecule has 3 unspecified atom stereocenters. The number of alkyl halides is 2. The highest BCUT2D eigenvalue weighted by Gasteiger charge is 2.40. The van der Waals surface area contributed by atoms with E-state index in [0.717, 1.165) is 10.6 Å². The Hall–Kier alpha value is -1.84. The van der Waals surface area contributed by atoms with E-state index in [1.165, 1.54) is 6.20 Å². The zero-order chi connectivity index (χ0) is 17.7. The average Bonchev–Trinajstić information content (AvgIpc) is 2.94. The van der Waals surface area contributed by atoms with Gasteiger partial charge in [0.2, 0.25) is 0 Å². The standard InChI is InChI=1S/C13H14Cl2N2O7/c14-4-11(19)22-6-8-7(24-12(20)5-15)3-10(23-8)17-2-1-9(18)16-13(17)21/h1-2,7-8,10H,3-6H2,(H,16,18,21). The highest BCUT2D eigenvalue weighted by atomic mass is 35.5. The summed E-state index contributed by atoms with van der Waals surface area (Å²) in [7, 11) is 0. The molecule has 11 heteroatoms. The number of hydrogen-bond donors (Lipinski definition) is 1. The van der Waals surface area contributed by atoms with Crippen molar-refractivity contribution in [3.63, 3.8) is 0 Å². The van der Waals surface area contributed by atoms with Gasteiger partial charge in [0.15, 0.2) is 0 Å². The van der Waals surface area contributed by atoms with Crippen molar-refractivity contribution in [2.45, 2.75) is 24.9 Å². The Kier molecular flexibility index (Phi) is 6.41. The molecule has 1 fully saturated rings. The number of aromatic nitrogens is 2. The third-order valence-corrected chi connectivity index (χ3v) is 3.69. The van der Waals surface area contributed by atoms with Crippen LogP contribution in [0.5, 0.6) is 0 Å². The van der Waals surface area contributed by atoms with Crippen molar-refractivity contribution in [1.82, 2.24) is 9.55 Å². The molecule has 9 nitrogen and oxygen atoms in total. The fourth-order valence-corrected chi connectivity index (χ4v) is 2.35. The van der Waals surface area contributed by atoms with Gasteiger partial charge in [-0.15, -0.1) is 23.2 Å². The number of halogens is 2. The van der Waals surface area contributed by atoms with Gasteiger partial charge in [-0.2, -0.15) is 0 Å². The maximum atomic E-state index is 11.8. The molecule has 1 saturated heterocycles. The molecule has 0 radical (unpaired) electrons. The number of carbonyl (C=O) groups is 2. The molecule has 3 atom stereocenters. The number of ether oxygens (including phenoxy) is 3. The lowest BCUT2D eigenvalue weighted by Crippen LogP contribution is -2.33. The quantitative estimate of drug-likeness (QED) is 0.534. The molecule has 1 aliphatic rings. The molecular formula is C13H14Cl2N2O7. The van der Waals surface area contributed by atoms with Crippen molar-refractivity contribution in [3.8, 4) is 0 Å². The zero-order valence-corrected chi connectivity index (χ0v) is 13.8. The van der Waals surface area contributed by atoms with Crippen molar-refractivity contribution in [2.24, 2.45) is 0 Å². The summed E-state index contributed by atoms with van der Waals surface area (Å²) in [5.41, 5.74) is -1.22. The van der Waals surface area contributed by atoms with Crippen molar-refractivity contribution in [3.05, 3.63) is 33.1 Å². The van der Waals surface area contributed by atoms with Gasteiger partial charge in [-0.3, -0.25) is 23.9 Å². The van der Waals surface area contributed by atoms with Crippen molar-refractivity contribution in [2.75, 3.05) is 18.4 Å². The largest absolute Gasteiger partial charge is 0.462 e. The minimum atomic E-state index is -0.804. The highest BCUT2D eigenvalue weighted by molar-refractivity contribution is 6.26. The number of rotatable bonds is 6. The molecule has 0 amide bonds. The Morgan fingerprint density at radius 1 is 1.29 bits per heavy atom. The molecule has 132 valence electrons. The smallest absolute Gasteiger partial charge is 0.330 e. The first-order valence-electron chi connectivity index (χ1n) is 6.88. The number of nitrogens with zero attached hydrogens (tertiary/aromatic N) is 1. The van der Waals surface area contributed by atoms with Crippen LogP contribution in [0.4, 0.5) is 0 Å². The average molecular weight is 381 g/mol. The topological polar surface area (TPSA) is 117 Å². The maximum absolute atomic E-state index is 11.8. The van der Waals surface area contributed by atoms with Crippen LogP contribution >= 0.6 is 23.2 Å². The normalized spacial score (nSPS) is 23.0. The molecule has 0 saturated carbocycles. The van der Waals surface area contributed by atoms with Crippen LogP contribution in [0.2, 0.25) is 0 Å². The number of H-pyrrole nitrogens is 1. The van der Waals surface area contributed by atoms with E-state index in [2.05, 4.69) is 4.98 Å². The van der Waals surface area contributed by atoms with E-state index in [1.54, 1.807) is 0 Å². The first-order chi connectivity index (χ1) is 11.4. The molecule has 1 aliphatic heterocycles. The minimum Gasteiger partial charge on any atom is -0.462 e. The fourth-order valence-electron chi connectivity index (χ4n) is 2.21. The fraction of sp³-hybridized carbons (Fsp3) is 0.538. The van der Waals surface area contributed by atoms with E-state index < -0.39 is 41.6 Å². The van der Waals surface area contributed by atoms with Crippen molar-refractivity contribution in [1.29, 1.82) is 0 Å². The molecule has 0 spiro atoms. The van der Waals surface area contributed by atoms with Crippen LogP contribution in [0.1, 0.15) is 12.6 Å². The Bertz CT molecular complexity index is 717. The molecule has 0 bridgehead atoms. The van der Waals surface area contributed by atoms with E-state index in [-0.39, 0.29) is 24.8 Å². The lowest BCUT2D eigenvalue weighted by Gasteiger charge is -2.18. The lowest BCUT2D eigenvalue weighted by atomic mass is 10.2. The molecule has 24 heavy (non-hydrogen) atoms. The highest BCUT2D eigenvalue weighted by Crippen LogP contribution is 2.30. The summed E-state index contributed by atoms with van der Waals surface area (Å²) in [5, 5.41) is 0. The maximum Gasteiger partial charge on any atom is 0.330 e.